The molecular weight excluding hydrogens is 170 g/mol. The molecule has 1 saturated carbocycles. The van der Waals surface area contributed by atoms with E-state index in [0.29, 0.717) is 0 Å². The highest BCUT2D eigenvalue weighted by atomic mass is 14.6. The van der Waals surface area contributed by atoms with E-state index in [1.165, 1.54) is 32.1 Å². The molecule has 1 aliphatic rings. The molecule has 1 rings (SSSR count). The largest absolute Gasteiger partial charge is 0.330 e. The summed E-state index contributed by atoms with van der Waals surface area (Å²) in [6.45, 7) is 3.15. The number of terminal acetylenes is 1. The van der Waals surface area contributed by atoms with Crippen molar-refractivity contribution < 1.29 is 0 Å². The molecule has 80 valence electrons. The van der Waals surface area contributed by atoms with E-state index >= 15 is 0 Å². The third-order valence-corrected chi connectivity index (χ3v) is 3.79. The van der Waals surface area contributed by atoms with Crippen LogP contribution in [0.25, 0.3) is 0 Å². The molecular formula is C13H23N. The van der Waals surface area contributed by atoms with Crippen LogP contribution in [-0.2, 0) is 0 Å². The van der Waals surface area contributed by atoms with Crippen LogP contribution in [0, 0.1) is 30.1 Å². The first-order valence-electron chi connectivity index (χ1n) is 5.95. The summed E-state index contributed by atoms with van der Waals surface area (Å²) in [5.74, 6) is 5.23. The van der Waals surface area contributed by atoms with Crippen molar-refractivity contribution in [3.8, 4) is 12.3 Å². The SMILES string of the molecule is C#CCCC1CC(CC)CCC1CN. The van der Waals surface area contributed by atoms with Gasteiger partial charge in [-0.25, -0.2) is 0 Å². The molecule has 1 fully saturated rings. The van der Waals surface area contributed by atoms with Gasteiger partial charge in [0, 0.05) is 6.42 Å². The Morgan fingerprint density at radius 3 is 2.71 bits per heavy atom. The number of hydrogen-bond donors (Lipinski definition) is 1. The van der Waals surface area contributed by atoms with Gasteiger partial charge in [0.25, 0.3) is 0 Å². The zero-order chi connectivity index (χ0) is 10.4. The Labute approximate surface area is 88.5 Å². The van der Waals surface area contributed by atoms with Gasteiger partial charge in [-0.1, -0.05) is 19.8 Å². The van der Waals surface area contributed by atoms with E-state index in [2.05, 4.69) is 12.8 Å². The lowest BCUT2D eigenvalue weighted by atomic mass is 9.71. The predicted octanol–water partition coefficient (Wildman–Crippen LogP) is 2.80. The average Bonchev–Trinajstić information content (AvgIpc) is 2.25. The molecule has 3 atom stereocenters. The van der Waals surface area contributed by atoms with Gasteiger partial charge in [-0.2, -0.15) is 0 Å². The molecule has 0 aromatic heterocycles. The first-order chi connectivity index (χ1) is 6.81. The van der Waals surface area contributed by atoms with Gasteiger partial charge in [-0.3, -0.25) is 0 Å². The van der Waals surface area contributed by atoms with Crippen molar-refractivity contribution in [3.63, 3.8) is 0 Å². The van der Waals surface area contributed by atoms with Crippen LogP contribution in [0.3, 0.4) is 0 Å². The molecule has 3 unspecified atom stereocenters. The molecule has 14 heavy (non-hydrogen) atoms. The molecule has 0 aromatic rings. The Balaban J connectivity index is 2.43. The summed E-state index contributed by atoms with van der Waals surface area (Å²) < 4.78 is 0. The normalized spacial score (nSPS) is 32.5. The van der Waals surface area contributed by atoms with E-state index in [9.17, 15) is 0 Å². The summed E-state index contributed by atoms with van der Waals surface area (Å²) in [5, 5.41) is 0. The number of nitrogens with two attached hydrogens (primary N) is 1. The van der Waals surface area contributed by atoms with E-state index in [1.54, 1.807) is 0 Å². The third kappa shape index (κ3) is 3.03. The first kappa shape index (κ1) is 11.6. The van der Waals surface area contributed by atoms with Crippen LogP contribution in [0.1, 0.15) is 45.4 Å². The highest BCUT2D eigenvalue weighted by Gasteiger charge is 2.27. The lowest BCUT2D eigenvalue weighted by Gasteiger charge is -2.35. The molecule has 1 heteroatoms. The van der Waals surface area contributed by atoms with Crippen LogP contribution in [0.5, 0.6) is 0 Å². The van der Waals surface area contributed by atoms with Gasteiger partial charge in [0.1, 0.15) is 0 Å². The Hall–Kier alpha value is -0.480. The highest BCUT2D eigenvalue weighted by molar-refractivity contribution is 4.87. The first-order valence-corrected chi connectivity index (χ1v) is 5.95. The highest BCUT2D eigenvalue weighted by Crippen LogP contribution is 2.37. The maximum Gasteiger partial charge on any atom is 0.00888 e. The molecule has 0 aromatic carbocycles. The summed E-state index contributed by atoms with van der Waals surface area (Å²) >= 11 is 0. The Morgan fingerprint density at radius 2 is 2.14 bits per heavy atom. The van der Waals surface area contributed by atoms with Crippen LogP contribution in [-0.4, -0.2) is 6.54 Å². The fourth-order valence-corrected chi connectivity index (χ4v) is 2.73. The van der Waals surface area contributed by atoms with Crippen molar-refractivity contribution >= 4 is 0 Å². The third-order valence-electron chi connectivity index (χ3n) is 3.79. The minimum atomic E-state index is 0.742. The van der Waals surface area contributed by atoms with Gasteiger partial charge in [0.2, 0.25) is 0 Å². The smallest absolute Gasteiger partial charge is 0.00888 e. The Morgan fingerprint density at radius 1 is 1.36 bits per heavy atom. The summed E-state index contributed by atoms with van der Waals surface area (Å²) in [4.78, 5) is 0. The molecule has 0 spiro atoms. The van der Waals surface area contributed by atoms with Crippen molar-refractivity contribution in [2.45, 2.75) is 45.4 Å². The molecule has 0 amide bonds. The molecule has 0 radical (unpaired) electrons. The van der Waals surface area contributed by atoms with Gasteiger partial charge in [-0.15, -0.1) is 12.3 Å². The summed E-state index contributed by atoms with van der Waals surface area (Å²) in [5.41, 5.74) is 5.80. The van der Waals surface area contributed by atoms with Crippen LogP contribution in [0.4, 0.5) is 0 Å². The minimum Gasteiger partial charge on any atom is -0.330 e. The fraction of sp³-hybridized carbons (Fsp3) is 0.846. The van der Waals surface area contributed by atoms with E-state index in [1.807, 2.05) is 0 Å². The van der Waals surface area contributed by atoms with E-state index in [-0.39, 0.29) is 0 Å². The maximum atomic E-state index is 5.80. The molecule has 0 bridgehead atoms. The second-order valence-electron chi connectivity index (χ2n) is 4.59. The average molecular weight is 193 g/mol. The number of hydrogen-bond acceptors (Lipinski definition) is 1. The lowest BCUT2D eigenvalue weighted by molar-refractivity contribution is 0.173. The van der Waals surface area contributed by atoms with Gasteiger partial charge in [0.15, 0.2) is 0 Å². The van der Waals surface area contributed by atoms with Crippen LogP contribution >= 0.6 is 0 Å². The summed E-state index contributed by atoms with van der Waals surface area (Å²) in [6.07, 6.45) is 12.8. The molecule has 1 aliphatic carbocycles. The van der Waals surface area contributed by atoms with Crippen molar-refractivity contribution in [3.05, 3.63) is 0 Å². The van der Waals surface area contributed by atoms with Crippen molar-refractivity contribution in [1.29, 1.82) is 0 Å². The molecule has 0 heterocycles. The van der Waals surface area contributed by atoms with Crippen LogP contribution in [0.15, 0.2) is 0 Å². The zero-order valence-corrected chi connectivity index (χ0v) is 9.34. The maximum absolute atomic E-state index is 5.80. The van der Waals surface area contributed by atoms with Crippen LogP contribution < -0.4 is 5.73 Å². The molecule has 0 aliphatic heterocycles. The molecule has 0 saturated heterocycles. The second kappa shape index (κ2) is 6.09. The Bertz CT molecular complexity index is 192. The van der Waals surface area contributed by atoms with Crippen molar-refractivity contribution in [2.75, 3.05) is 6.54 Å². The topological polar surface area (TPSA) is 26.0 Å². The molecule has 1 nitrogen and oxygen atoms in total. The van der Waals surface area contributed by atoms with E-state index < -0.39 is 0 Å². The number of rotatable bonds is 4. The Kier molecular flexibility index (Phi) is 5.04. The minimum absolute atomic E-state index is 0.742. The second-order valence-corrected chi connectivity index (χ2v) is 4.59. The lowest BCUT2D eigenvalue weighted by Crippen LogP contribution is -2.30. The van der Waals surface area contributed by atoms with Gasteiger partial charge in [-0.05, 0) is 43.6 Å². The van der Waals surface area contributed by atoms with E-state index in [0.717, 1.165) is 30.7 Å². The fourth-order valence-electron chi connectivity index (χ4n) is 2.73. The van der Waals surface area contributed by atoms with Crippen LogP contribution in [0.2, 0.25) is 0 Å². The van der Waals surface area contributed by atoms with Gasteiger partial charge in [0.05, 0.1) is 0 Å². The predicted molar refractivity (Wildman–Crippen MR) is 61.7 cm³/mol. The standard InChI is InChI=1S/C13H23N/c1-3-5-6-12-9-11(4-2)7-8-13(12)10-14/h1,11-13H,4-10,14H2,2H3. The van der Waals surface area contributed by atoms with Crippen molar-refractivity contribution in [2.24, 2.45) is 23.5 Å². The van der Waals surface area contributed by atoms with Gasteiger partial charge < -0.3 is 5.73 Å². The summed E-state index contributed by atoms with van der Waals surface area (Å²) in [6, 6.07) is 0. The molecule has 2 N–H and O–H groups in total. The van der Waals surface area contributed by atoms with Crippen molar-refractivity contribution in [1.82, 2.24) is 0 Å². The monoisotopic (exact) mass is 193 g/mol. The summed E-state index contributed by atoms with van der Waals surface area (Å²) in [7, 11) is 0. The van der Waals surface area contributed by atoms with E-state index in [4.69, 9.17) is 12.2 Å². The quantitative estimate of drug-likeness (QED) is 0.683. The van der Waals surface area contributed by atoms with Gasteiger partial charge >= 0.3 is 0 Å². The zero-order valence-electron chi connectivity index (χ0n) is 9.34.